The molecule has 1 aromatic carbocycles. The number of benzene rings is 1. The van der Waals surface area contributed by atoms with E-state index >= 15 is 0 Å². The molecule has 9 nitrogen and oxygen atoms in total. The molecule has 0 aliphatic carbocycles. The molecule has 0 saturated heterocycles. The number of methoxy groups -OCH3 is 1. The van der Waals surface area contributed by atoms with Crippen molar-refractivity contribution in [3.05, 3.63) is 66.3 Å². The smallest absolute Gasteiger partial charge is 0.333 e. The second-order valence-electron chi connectivity index (χ2n) is 6.39. The van der Waals surface area contributed by atoms with E-state index in [-0.39, 0.29) is 29.7 Å². The molecule has 2 N–H and O–H groups in total. The lowest BCUT2D eigenvalue weighted by Gasteiger charge is -2.08. The minimum Gasteiger partial charge on any atom is -0.466 e. The number of aliphatic hydroxyl groups is 1. The molecule has 32 heavy (non-hydrogen) atoms. The number of carbonyl (C=O) groups is 3. The van der Waals surface area contributed by atoms with Crippen LogP contribution in [0.15, 0.2) is 65.6 Å². The zero-order valence-electron chi connectivity index (χ0n) is 19.1. The first-order valence-corrected chi connectivity index (χ1v) is 10.6. The summed E-state index contributed by atoms with van der Waals surface area (Å²) in [5.74, 6) is -1.49. The van der Waals surface area contributed by atoms with Crippen molar-refractivity contribution < 1.29 is 37.4 Å². The first kappa shape index (κ1) is 30.9. The standard InChI is InChI=1S/C11H13NO3S.C6H10O3.C5H8O2/c1-8(2)11(13)12-16(14,15)10-7-5-4-6-9(10)3;1-5(2)6(8)9-4-3-7;1-4(2)5(6)7-3/h4-7H,1H2,2-3H3,(H,12,13);7H,1,3-4H2,2H3;1H2,2-3H3. The average Bonchev–Trinajstić information content (AvgIpc) is 2.71. The van der Waals surface area contributed by atoms with Gasteiger partial charge in [0, 0.05) is 16.7 Å². The minimum atomic E-state index is -3.80. The highest BCUT2D eigenvalue weighted by Gasteiger charge is 2.19. The molecule has 1 amide bonds. The van der Waals surface area contributed by atoms with Crippen molar-refractivity contribution in [2.24, 2.45) is 0 Å². The number of rotatable bonds is 7. The maximum absolute atomic E-state index is 11.8. The van der Waals surface area contributed by atoms with Crippen molar-refractivity contribution in [1.82, 2.24) is 4.72 Å². The van der Waals surface area contributed by atoms with Gasteiger partial charge in [-0.15, -0.1) is 0 Å². The highest BCUT2D eigenvalue weighted by atomic mass is 32.2. The topological polar surface area (TPSA) is 136 Å². The third-order valence-corrected chi connectivity index (χ3v) is 4.70. The fraction of sp³-hybridized carbons (Fsp3) is 0.318. The van der Waals surface area contributed by atoms with Gasteiger partial charge in [0.05, 0.1) is 18.6 Å². The molecule has 0 aliphatic rings. The van der Waals surface area contributed by atoms with E-state index in [0.717, 1.165) is 0 Å². The molecule has 0 heterocycles. The molecule has 0 unspecified atom stereocenters. The molecule has 0 bridgehead atoms. The number of hydrogen-bond donors (Lipinski definition) is 2. The predicted molar refractivity (Wildman–Crippen MR) is 121 cm³/mol. The molecule has 0 aromatic heterocycles. The van der Waals surface area contributed by atoms with E-state index in [1.54, 1.807) is 39.0 Å². The van der Waals surface area contributed by atoms with Crippen LogP contribution in [-0.2, 0) is 33.9 Å². The lowest BCUT2D eigenvalue weighted by atomic mass is 10.2. The number of aliphatic hydroxyl groups excluding tert-OH is 1. The number of esters is 2. The number of aryl methyl sites for hydroxylation is 1. The summed E-state index contributed by atoms with van der Waals surface area (Å²) >= 11 is 0. The third kappa shape index (κ3) is 13.1. The molecular weight excluding hydrogens is 438 g/mol. The Hall–Kier alpha value is -3.24. The second kappa shape index (κ2) is 15.5. The average molecular weight is 470 g/mol. The Labute approximate surface area is 189 Å². The Morgan fingerprint density at radius 2 is 1.47 bits per heavy atom. The van der Waals surface area contributed by atoms with E-state index < -0.39 is 21.9 Å². The summed E-state index contributed by atoms with van der Waals surface area (Å²) < 4.78 is 34.3. The van der Waals surface area contributed by atoms with E-state index in [9.17, 15) is 22.8 Å². The first-order chi connectivity index (χ1) is 14.7. The van der Waals surface area contributed by atoms with Crippen LogP contribution >= 0.6 is 0 Å². The molecule has 0 radical (unpaired) electrons. The monoisotopic (exact) mass is 469 g/mol. The zero-order chi connectivity index (χ0) is 25.5. The number of hydrogen-bond acceptors (Lipinski definition) is 8. The summed E-state index contributed by atoms with van der Waals surface area (Å²) in [6.45, 7) is 16.3. The molecule has 0 aliphatic heterocycles. The first-order valence-electron chi connectivity index (χ1n) is 9.16. The van der Waals surface area contributed by atoms with Crippen LogP contribution in [0.5, 0.6) is 0 Å². The van der Waals surface area contributed by atoms with Gasteiger partial charge >= 0.3 is 11.9 Å². The Morgan fingerprint density at radius 3 is 1.81 bits per heavy atom. The van der Waals surface area contributed by atoms with Gasteiger partial charge in [-0.3, -0.25) is 4.79 Å². The number of nitrogens with one attached hydrogen (secondary N) is 1. The Bertz CT molecular complexity index is 948. The van der Waals surface area contributed by atoms with Crippen LogP contribution < -0.4 is 4.72 Å². The molecule has 1 aromatic rings. The van der Waals surface area contributed by atoms with Crippen molar-refractivity contribution in [3.8, 4) is 0 Å². The summed E-state index contributed by atoms with van der Waals surface area (Å²) in [7, 11) is -2.47. The van der Waals surface area contributed by atoms with Crippen molar-refractivity contribution in [2.75, 3.05) is 20.3 Å². The lowest BCUT2D eigenvalue weighted by Crippen LogP contribution is -2.31. The highest BCUT2D eigenvalue weighted by molar-refractivity contribution is 7.90. The van der Waals surface area contributed by atoms with E-state index in [4.69, 9.17) is 5.11 Å². The van der Waals surface area contributed by atoms with Gasteiger partial charge in [-0.25, -0.2) is 22.7 Å². The molecule has 0 fully saturated rings. The van der Waals surface area contributed by atoms with E-state index in [0.29, 0.717) is 16.7 Å². The quantitative estimate of drug-likeness (QED) is 0.458. The normalized spacial score (nSPS) is 9.56. The Morgan fingerprint density at radius 1 is 0.969 bits per heavy atom. The van der Waals surface area contributed by atoms with Crippen LogP contribution in [0.25, 0.3) is 0 Å². The summed E-state index contributed by atoms with van der Waals surface area (Å²) in [5, 5.41) is 8.19. The molecular formula is C22H31NO8S. The maximum Gasteiger partial charge on any atom is 0.333 e. The van der Waals surface area contributed by atoms with E-state index in [1.807, 2.05) is 4.72 Å². The SMILES string of the molecule is C=C(C)C(=O)NS(=O)(=O)c1ccccc1C.C=C(C)C(=O)OC.C=C(C)C(=O)OCCO. The van der Waals surface area contributed by atoms with Gasteiger partial charge in [-0.2, -0.15) is 0 Å². The van der Waals surface area contributed by atoms with Crippen LogP contribution in [0.2, 0.25) is 0 Å². The minimum absolute atomic E-state index is 0.0473. The Balaban J connectivity index is 0. The lowest BCUT2D eigenvalue weighted by molar-refractivity contribution is -0.140. The van der Waals surface area contributed by atoms with Gasteiger partial charge in [0.1, 0.15) is 6.61 Å². The van der Waals surface area contributed by atoms with Crippen LogP contribution in [0.4, 0.5) is 0 Å². The predicted octanol–water partition coefficient (Wildman–Crippen LogP) is 2.21. The van der Waals surface area contributed by atoms with E-state index in [1.165, 1.54) is 20.1 Å². The molecule has 10 heteroatoms. The summed E-state index contributed by atoms with van der Waals surface area (Å²) in [4.78, 5) is 32.0. The largest absolute Gasteiger partial charge is 0.466 e. The molecule has 0 spiro atoms. The van der Waals surface area contributed by atoms with Crippen LogP contribution in [-0.4, -0.2) is 51.7 Å². The van der Waals surface area contributed by atoms with Crippen molar-refractivity contribution in [2.45, 2.75) is 32.6 Å². The maximum atomic E-state index is 11.8. The number of amides is 1. The number of sulfonamides is 1. The van der Waals surface area contributed by atoms with Gasteiger partial charge in [0.25, 0.3) is 15.9 Å². The van der Waals surface area contributed by atoms with Crippen molar-refractivity contribution in [3.63, 3.8) is 0 Å². The van der Waals surface area contributed by atoms with Crippen LogP contribution in [0.3, 0.4) is 0 Å². The summed E-state index contributed by atoms with van der Waals surface area (Å²) in [6, 6.07) is 6.45. The summed E-state index contributed by atoms with van der Waals surface area (Å²) in [5.41, 5.74) is 1.52. The number of ether oxygens (including phenoxy) is 2. The third-order valence-electron chi connectivity index (χ3n) is 3.20. The van der Waals surface area contributed by atoms with Gasteiger partial charge < -0.3 is 14.6 Å². The zero-order valence-corrected chi connectivity index (χ0v) is 19.9. The molecule has 1 rings (SSSR count). The fourth-order valence-electron chi connectivity index (χ4n) is 1.56. The summed E-state index contributed by atoms with van der Waals surface area (Å²) in [6.07, 6.45) is 0. The molecule has 0 saturated carbocycles. The van der Waals surface area contributed by atoms with Gasteiger partial charge in [0.15, 0.2) is 0 Å². The van der Waals surface area contributed by atoms with Gasteiger partial charge in [-0.1, -0.05) is 37.9 Å². The highest BCUT2D eigenvalue weighted by Crippen LogP contribution is 2.13. The fourth-order valence-corrected chi connectivity index (χ4v) is 2.84. The van der Waals surface area contributed by atoms with Gasteiger partial charge in [0.2, 0.25) is 0 Å². The van der Waals surface area contributed by atoms with Crippen molar-refractivity contribution >= 4 is 27.9 Å². The van der Waals surface area contributed by atoms with Crippen molar-refractivity contribution in [1.29, 1.82) is 0 Å². The molecule has 0 atom stereocenters. The Kier molecular flexibility index (Phi) is 15.0. The van der Waals surface area contributed by atoms with Gasteiger partial charge in [-0.05, 0) is 39.3 Å². The van der Waals surface area contributed by atoms with E-state index in [2.05, 4.69) is 29.2 Å². The van der Waals surface area contributed by atoms with Crippen LogP contribution in [0.1, 0.15) is 26.3 Å². The molecule has 178 valence electrons. The number of carbonyl (C=O) groups excluding carboxylic acids is 3. The second-order valence-corrected chi connectivity index (χ2v) is 8.04. The van der Waals surface area contributed by atoms with Crippen LogP contribution in [0, 0.1) is 6.92 Å².